The first-order valence-electron chi connectivity index (χ1n) is 37.1. The third kappa shape index (κ3) is 12.0. The average molecular weight is 1400 g/mol. The molecule has 0 aliphatic rings. The van der Waals surface area contributed by atoms with Gasteiger partial charge in [0.15, 0.2) is 34.9 Å². The molecule has 0 fully saturated rings. The lowest BCUT2D eigenvalue weighted by Gasteiger charge is -2.20. The molecule has 8 nitrogen and oxygen atoms in total. The number of fused-ring (bicyclic) bond motifs is 6. The van der Waals surface area contributed by atoms with Crippen molar-refractivity contribution in [3.8, 4) is 158 Å². The number of nitrogens with zero attached hydrogens (tertiary/aromatic N) is 8. The maximum atomic E-state index is 5.49. The minimum atomic E-state index is 0.538. The summed E-state index contributed by atoms with van der Waals surface area (Å²) in [6, 6.07) is 142. The Kier molecular flexibility index (Phi) is 16.4. The Morgan fingerprint density at radius 1 is 0.136 bits per heavy atom. The molecule has 4 aromatic heterocycles. The molecule has 0 bridgehead atoms. The number of rotatable bonds is 15. The average Bonchev–Trinajstić information content (AvgIpc) is 1.57. The van der Waals surface area contributed by atoms with Crippen LogP contribution in [0.4, 0.5) is 0 Å². The van der Waals surface area contributed by atoms with E-state index in [0.717, 1.165) is 166 Å². The molecule has 110 heavy (non-hydrogen) atoms. The normalized spacial score (nSPS) is 11.5. The molecule has 0 atom stereocenters. The second-order valence-electron chi connectivity index (χ2n) is 27.7. The number of aromatic nitrogens is 8. The van der Waals surface area contributed by atoms with Crippen molar-refractivity contribution in [2.75, 3.05) is 0 Å². The topological polar surface area (TPSA) is 87.2 Å². The van der Waals surface area contributed by atoms with Gasteiger partial charge in [-0.15, -0.1) is 0 Å². The second kappa shape index (κ2) is 27.9. The predicted octanol–water partition coefficient (Wildman–Crippen LogP) is 25.9. The monoisotopic (exact) mass is 1400 g/mol. The van der Waals surface area contributed by atoms with Crippen LogP contribution >= 0.6 is 0 Å². The highest BCUT2D eigenvalue weighted by Crippen LogP contribution is 2.48. The molecular weight excluding hydrogens is 1340 g/mol. The molecule has 0 saturated heterocycles. The summed E-state index contributed by atoms with van der Waals surface area (Å²) in [6.07, 6.45) is 0. The maximum Gasteiger partial charge on any atom is 0.164 e. The number of hydrogen-bond donors (Lipinski definition) is 0. The van der Waals surface area contributed by atoms with Gasteiger partial charge in [0.1, 0.15) is 0 Å². The zero-order valence-corrected chi connectivity index (χ0v) is 59.7. The number of hydrogen-bond acceptors (Lipinski definition) is 6. The van der Waals surface area contributed by atoms with Crippen molar-refractivity contribution >= 4 is 43.6 Å². The highest BCUT2D eigenvalue weighted by molar-refractivity contribution is 6.14. The summed E-state index contributed by atoms with van der Waals surface area (Å²) in [7, 11) is 0. The van der Waals surface area contributed by atoms with Crippen LogP contribution in [0, 0.1) is 0 Å². The molecule has 20 rings (SSSR count). The molecule has 0 N–H and O–H groups in total. The molecule has 0 amide bonds. The Hall–Kier alpha value is -14.9. The Morgan fingerprint density at radius 2 is 0.345 bits per heavy atom. The van der Waals surface area contributed by atoms with Gasteiger partial charge in [-0.05, 0) is 163 Å². The Labute approximate surface area is 636 Å². The van der Waals surface area contributed by atoms with Gasteiger partial charge in [0.2, 0.25) is 0 Å². The van der Waals surface area contributed by atoms with Crippen molar-refractivity contribution in [1.29, 1.82) is 0 Å². The predicted molar refractivity (Wildman–Crippen MR) is 453 cm³/mol. The van der Waals surface area contributed by atoms with E-state index in [0.29, 0.717) is 34.9 Å². The van der Waals surface area contributed by atoms with E-state index in [9.17, 15) is 0 Å². The lowest BCUT2D eigenvalue weighted by Crippen LogP contribution is -2.03. The maximum absolute atomic E-state index is 5.49. The summed E-state index contributed by atoms with van der Waals surface area (Å²) in [5, 5.41) is 4.59. The highest BCUT2D eigenvalue weighted by atomic mass is 15.1. The van der Waals surface area contributed by atoms with E-state index in [1.807, 2.05) is 72.8 Å². The molecule has 0 unspecified atom stereocenters. The van der Waals surface area contributed by atoms with Crippen LogP contribution < -0.4 is 0 Å². The third-order valence-electron chi connectivity index (χ3n) is 21.1. The van der Waals surface area contributed by atoms with E-state index >= 15 is 0 Å². The van der Waals surface area contributed by atoms with E-state index < -0.39 is 0 Å². The van der Waals surface area contributed by atoms with Crippen molar-refractivity contribution < 1.29 is 0 Å². The second-order valence-corrected chi connectivity index (χ2v) is 27.7. The number of benzene rings is 16. The fourth-order valence-electron chi connectivity index (χ4n) is 15.8. The van der Waals surface area contributed by atoms with Crippen molar-refractivity contribution in [2.24, 2.45) is 0 Å². The molecule has 0 spiro atoms. The SMILES string of the molecule is c1ccc(-c2ccc3c(c2)c2cc(-c4ccccc4)ccc2n3-c2ccc(-c3nc(-c4ccccc4)nc(-c4ccccc4)n3)c(-c3ccccc3-c3ccccc3-c3cc(-n4c5ccc(-c6ccccc6)cc5c5cc(-c6ccccc6)ccc54)ccc3-c3nc(-c4ccccc4)nc(-c4ccccc4)n3)c2)cc1. The van der Waals surface area contributed by atoms with E-state index in [4.69, 9.17) is 29.9 Å². The molecular formula is C102H66N8. The molecule has 20 aromatic rings. The quantitative estimate of drug-likeness (QED) is 0.102. The summed E-state index contributed by atoms with van der Waals surface area (Å²) in [5.74, 6) is 3.36. The molecule has 0 radical (unpaired) electrons. The Bertz CT molecular complexity index is 6120. The van der Waals surface area contributed by atoms with Gasteiger partial charge in [-0.3, -0.25) is 0 Å². The van der Waals surface area contributed by atoms with Gasteiger partial charge >= 0.3 is 0 Å². The van der Waals surface area contributed by atoms with Crippen LogP contribution in [0.25, 0.3) is 201 Å². The first-order chi connectivity index (χ1) is 54.5. The van der Waals surface area contributed by atoms with Gasteiger partial charge < -0.3 is 9.13 Å². The first kappa shape index (κ1) is 64.7. The van der Waals surface area contributed by atoms with Crippen LogP contribution in [0.3, 0.4) is 0 Å². The zero-order chi connectivity index (χ0) is 72.9. The van der Waals surface area contributed by atoms with Crippen LogP contribution in [0.5, 0.6) is 0 Å². The summed E-state index contributed by atoms with van der Waals surface area (Å²) in [5.41, 5.74) is 26.4. The lowest BCUT2D eigenvalue weighted by molar-refractivity contribution is 1.07. The third-order valence-corrected chi connectivity index (χ3v) is 21.1. The van der Waals surface area contributed by atoms with Crippen molar-refractivity contribution in [1.82, 2.24) is 39.0 Å². The highest BCUT2D eigenvalue weighted by Gasteiger charge is 2.26. The lowest BCUT2D eigenvalue weighted by atomic mass is 9.86. The van der Waals surface area contributed by atoms with Crippen LogP contribution in [0.15, 0.2) is 400 Å². The zero-order valence-electron chi connectivity index (χ0n) is 59.7. The van der Waals surface area contributed by atoms with E-state index in [1.54, 1.807) is 0 Å². The minimum Gasteiger partial charge on any atom is -0.309 e. The summed E-state index contributed by atoms with van der Waals surface area (Å²) < 4.78 is 4.85. The van der Waals surface area contributed by atoms with Gasteiger partial charge in [-0.25, -0.2) is 29.9 Å². The van der Waals surface area contributed by atoms with Gasteiger partial charge in [-0.2, -0.15) is 0 Å². The van der Waals surface area contributed by atoms with Crippen molar-refractivity contribution in [3.05, 3.63) is 400 Å². The molecule has 0 aliphatic heterocycles. The van der Waals surface area contributed by atoms with Crippen LogP contribution in [-0.2, 0) is 0 Å². The molecule has 514 valence electrons. The molecule has 8 heteroatoms. The molecule has 16 aromatic carbocycles. The Morgan fingerprint density at radius 3 is 0.591 bits per heavy atom. The molecule has 0 aliphatic carbocycles. The van der Waals surface area contributed by atoms with Crippen molar-refractivity contribution in [3.63, 3.8) is 0 Å². The van der Waals surface area contributed by atoms with Crippen LogP contribution in [-0.4, -0.2) is 39.0 Å². The summed E-state index contributed by atoms with van der Waals surface area (Å²) in [6.45, 7) is 0. The van der Waals surface area contributed by atoms with Gasteiger partial charge in [0.25, 0.3) is 0 Å². The molecule has 0 saturated carbocycles. The van der Waals surface area contributed by atoms with Gasteiger partial charge in [-0.1, -0.05) is 315 Å². The van der Waals surface area contributed by atoms with Crippen molar-refractivity contribution in [2.45, 2.75) is 0 Å². The van der Waals surface area contributed by atoms with E-state index in [2.05, 4.69) is 337 Å². The largest absolute Gasteiger partial charge is 0.309 e. The smallest absolute Gasteiger partial charge is 0.164 e. The Balaban J connectivity index is 0.844. The summed E-state index contributed by atoms with van der Waals surface area (Å²) >= 11 is 0. The summed E-state index contributed by atoms with van der Waals surface area (Å²) in [4.78, 5) is 32.4. The minimum absolute atomic E-state index is 0.538. The van der Waals surface area contributed by atoms with E-state index in [1.165, 1.54) is 0 Å². The van der Waals surface area contributed by atoms with E-state index in [-0.39, 0.29) is 0 Å². The fourth-order valence-corrected chi connectivity index (χ4v) is 15.8. The fraction of sp³-hybridized carbons (Fsp3) is 0. The first-order valence-corrected chi connectivity index (χ1v) is 37.1. The van der Waals surface area contributed by atoms with Gasteiger partial charge in [0, 0.05) is 66.3 Å². The standard InChI is InChI=1S/C102H66N8/c1-9-29-67(30-10-1)75-49-57-93-89(61-75)90-62-76(68-31-11-2-12-32-68)50-58-94(90)109(93)79-53-55-85(101-105-97(71-37-17-5-18-38-71)103-98(106-101)72-39-19-6-20-40-72)87(65-79)83-47-27-25-45-81(83)82-46-26-28-48-84(82)88-66-80(54-56-86(88)102-107-99(73-41-21-7-22-42-73)104-100(108-102)74-43-23-8-24-44-74)110-95-59-51-77(69-33-13-3-14-34-69)63-91(95)92-64-78(52-60-96(92)110)70-35-15-4-16-36-70/h1-66H. The van der Waals surface area contributed by atoms with Gasteiger partial charge in [0.05, 0.1) is 22.1 Å². The van der Waals surface area contributed by atoms with Crippen LogP contribution in [0.2, 0.25) is 0 Å². The van der Waals surface area contributed by atoms with Crippen LogP contribution in [0.1, 0.15) is 0 Å². The molecule has 4 heterocycles.